The number of Topliss-reactive ketones (excluding diaryl/α,β-unsaturated/α-hetero) is 1. The van der Waals surface area contributed by atoms with E-state index in [-0.39, 0.29) is 26.2 Å². The zero-order valence-electron chi connectivity index (χ0n) is 12.5. The van der Waals surface area contributed by atoms with Gasteiger partial charge in [0.25, 0.3) is 5.54 Å². The van der Waals surface area contributed by atoms with Crippen LogP contribution in [0.1, 0.15) is 13.3 Å². The Morgan fingerprint density at radius 2 is 2.04 bits per heavy atom. The number of nitrogens with zero attached hydrogens (tertiary/aromatic N) is 3. The molecule has 1 N–H and O–H groups in total. The smallest absolute Gasteiger partial charge is 0.305 e. The molecule has 10 nitrogen and oxygen atoms in total. The van der Waals surface area contributed by atoms with E-state index in [0.717, 1.165) is 12.2 Å². The molecule has 0 spiro atoms. The summed E-state index contributed by atoms with van der Waals surface area (Å²) in [7, 11) is 0. The zero-order valence-corrected chi connectivity index (χ0v) is 12.5. The quantitative estimate of drug-likeness (QED) is 0.486. The fourth-order valence-corrected chi connectivity index (χ4v) is 3.63. The number of β-amino-alcohol motifs (C(OH)–C–C–N with tert-alkyl or cyclic N) is 1. The second-order valence-corrected chi connectivity index (χ2v) is 6.02. The van der Waals surface area contributed by atoms with E-state index in [1.807, 2.05) is 0 Å². The predicted molar refractivity (Wildman–Crippen MR) is 75.9 cm³/mol. The number of ketones is 2. The van der Waals surface area contributed by atoms with Gasteiger partial charge in [0.15, 0.2) is 0 Å². The van der Waals surface area contributed by atoms with Crippen LogP contribution in [0.4, 0.5) is 0 Å². The van der Waals surface area contributed by atoms with Crippen molar-refractivity contribution < 1.29 is 24.5 Å². The van der Waals surface area contributed by atoms with Crippen LogP contribution in [0.5, 0.6) is 0 Å². The first kappa shape index (κ1) is 17.2. The van der Waals surface area contributed by atoms with Gasteiger partial charge in [-0.25, -0.2) is 0 Å². The molecule has 1 fully saturated rings. The molecule has 0 aromatic carbocycles. The summed E-state index contributed by atoms with van der Waals surface area (Å²) < 4.78 is 0. The number of hydrogen-bond acceptors (Lipinski definition) is 8. The molecule has 1 aliphatic heterocycles. The van der Waals surface area contributed by atoms with Crippen LogP contribution >= 0.6 is 0 Å². The van der Waals surface area contributed by atoms with Crippen molar-refractivity contribution in [1.29, 1.82) is 0 Å². The molecule has 0 amide bonds. The summed E-state index contributed by atoms with van der Waals surface area (Å²) in [4.78, 5) is 47.2. The number of piperidine rings is 1. The van der Waals surface area contributed by atoms with Crippen LogP contribution in [-0.4, -0.2) is 68.7 Å². The Morgan fingerprint density at radius 1 is 1.39 bits per heavy atom. The SMILES string of the molecule is CC(=O)C[C@@H]1[C@]2([N+](=O)[O-])C=CC(=O)[C@@]1([N+](=O)[O-])CN(CCO)C2. The molecule has 1 aliphatic carbocycles. The number of likely N-dealkylation sites (tertiary alicyclic amines) is 1. The van der Waals surface area contributed by atoms with Crippen molar-refractivity contribution in [1.82, 2.24) is 4.90 Å². The lowest BCUT2D eigenvalue weighted by Crippen LogP contribution is -2.75. The molecule has 1 saturated heterocycles. The average molecular weight is 327 g/mol. The summed E-state index contributed by atoms with van der Waals surface area (Å²) in [5.74, 6) is -2.66. The third-order valence-electron chi connectivity index (χ3n) is 4.64. The van der Waals surface area contributed by atoms with Gasteiger partial charge >= 0.3 is 5.54 Å². The molecule has 2 aliphatic rings. The van der Waals surface area contributed by atoms with Crippen LogP contribution in [0.15, 0.2) is 12.2 Å². The maximum absolute atomic E-state index is 12.3. The van der Waals surface area contributed by atoms with E-state index in [9.17, 15) is 29.8 Å². The van der Waals surface area contributed by atoms with Gasteiger partial charge in [-0.2, -0.15) is 0 Å². The molecule has 2 bridgehead atoms. The number of rotatable bonds is 6. The van der Waals surface area contributed by atoms with Gasteiger partial charge in [-0.15, -0.1) is 0 Å². The average Bonchev–Trinajstić information content (AvgIpc) is 2.44. The van der Waals surface area contributed by atoms with E-state index < -0.39 is 44.8 Å². The number of nitro groups is 2. The topological polar surface area (TPSA) is 144 Å². The second-order valence-electron chi connectivity index (χ2n) is 6.02. The first-order chi connectivity index (χ1) is 10.7. The summed E-state index contributed by atoms with van der Waals surface area (Å²) in [5.41, 5.74) is -4.15. The Bertz CT molecular complexity index is 604. The number of aliphatic hydroxyl groups excluding tert-OH is 1. The fraction of sp³-hybridized carbons (Fsp3) is 0.692. The van der Waals surface area contributed by atoms with Crippen LogP contribution < -0.4 is 0 Å². The molecule has 0 aromatic rings. The Morgan fingerprint density at radius 3 is 2.52 bits per heavy atom. The Hall–Kier alpha value is -2.20. The Labute approximate surface area is 131 Å². The Kier molecular flexibility index (Phi) is 4.31. The summed E-state index contributed by atoms with van der Waals surface area (Å²) in [6, 6.07) is 0. The highest BCUT2D eigenvalue weighted by Gasteiger charge is 2.73. The first-order valence-electron chi connectivity index (χ1n) is 7.06. The number of carbonyl (C=O) groups excluding carboxylic acids is 2. The number of aliphatic hydroxyl groups is 1. The molecule has 23 heavy (non-hydrogen) atoms. The zero-order chi connectivity index (χ0) is 17.4. The molecule has 2 rings (SSSR count). The number of carbonyl (C=O) groups is 2. The van der Waals surface area contributed by atoms with Crippen LogP contribution in [0.25, 0.3) is 0 Å². The fourth-order valence-electron chi connectivity index (χ4n) is 3.63. The third kappa shape index (κ3) is 2.43. The normalized spacial score (nSPS) is 33.5. The van der Waals surface area contributed by atoms with Crippen LogP contribution in [0.2, 0.25) is 0 Å². The highest BCUT2D eigenvalue weighted by Crippen LogP contribution is 2.45. The monoisotopic (exact) mass is 327 g/mol. The molecular formula is C13H17N3O7. The van der Waals surface area contributed by atoms with E-state index in [2.05, 4.69) is 0 Å². The maximum atomic E-state index is 12.3. The predicted octanol–water partition coefficient (Wildman–Crippen LogP) is -0.940. The van der Waals surface area contributed by atoms with Gasteiger partial charge in [0.05, 0.1) is 19.7 Å². The lowest BCUT2D eigenvalue weighted by molar-refractivity contribution is -0.623. The molecule has 0 aromatic heterocycles. The summed E-state index contributed by atoms with van der Waals surface area (Å²) in [6.07, 6.45) is 1.53. The van der Waals surface area contributed by atoms with Gasteiger partial charge in [0.2, 0.25) is 5.78 Å². The minimum absolute atomic E-state index is 0.0287. The molecule has 3 atom stereocenters. The van der Waals surface area contributed by atoms with Gasteiger partial charge in [-0.1, -0.05) is 0 Å². The van der Waals surface area contributed by atoms with Crippen LogP contribution in [-0.2, 0) is 9.59 Å². The van der Waals surface area contributed by atoms with Crippen LogP contribution in [0.3, 0.4) is 0 Å². The van der Waals surface area contributed by atoms with Crippen molar-refractivity contribution in [2.24, 2.45) is 5.92 Å². The Balaban J connectivity index is 2.67. The summed E-state index contributed by atoms with van der Waals surface area (Å²) >= 11 is 0. The van der Waals surface area contributed by atoms with Gasteiger partial charge in [-0.3, -0.25) is 29.9 Å². The minimum Gasteiger partial charge on any atom is -0.395 e. The van der Waals surface area contributed by atoms with E-state index in [4.69, 9.17) is 5.11 Å². The molecular weight excluding hydrogens is 310 g/mol. The summed E-state index contributed by atoms with van der Waals surface area (Å²) in [6.45, 7) is 0.246. The van der Waals surface area contributed by atoms with Gasteiger partial charge in [0, 0.05) is 22.8 Å². The van der Waals surface area contributed by atoms with E-state index in [1.54, 1.807) is 0 Å². The maximum Gasteiger partial charge on any atom is 0.305 e. The van der Waals surface area contributed by atoms with Crippen molar-refractivity contribution in [3.63, 3.8) is 0 Å². The van der Waals surface area contributed by atoms with Crippen molar-refractivity contribution in [2.75, 3.05) is 26.2 Å². The van der Waals surface area contributed by atoms with E-state index in [1.165, 1.54) is 11.8 Å². The number of hydrogen-bond donors (Lipinski definition) is 1. The standard InChI is InChI=1S/C13H17N3O7/c1-9(18)6-10-12(15(20)21)3-2-11(19)13(10,16(22)23)8-14(7-12)4-5-17/h2-3,10,17H,4-8H2,1H3/t10-,12+,13-/m1/s1. The molecule has 0 radical (unpaired) electrons. The van der Waals surface area contributed by atoms with Crippen LogP contribution in [0, 0.1) is 26.1 Å². The van der Waals surface area contributed by atoms with Crippen molar-refractivity contribution in [3.8, 4) is 0 Å². The lowest BCUT2D eigenvalue weighted by atomic mass is 9.61. The molecule has 0 saturated carbocycles. The highest BCUT2D eigenvalue weighted by molar-refractivity contribution is 5.99. The van der Waals surface area contributed by atoms with Gasteiger partial charge in [0.1, 0.15) is 11.7 Å². The lowest BCUT2D eigenvalue weighted by Gasteiger charge is -2.47. The first-order valence-corrected chi connectivity index (χ1v) is 7.06. The largest absolute Gasteiger partial charge is 0.395 e. The molecule has 0 unspecified atom stereocenters. The van der Waals surface area contributed by atoms with Crippen molar-refractivity contribution in [3.05, 3.63) is 32.4 Å². The molecule has 10 heteroatoms. The molecule has 126 valence electrons. The van der Waals surface area contributed by atoms with Gasteiger partial charge in [-0.05, 0) is 19.1 Å². The third-order valence-corrected chi connectivity index (χ3v) is 4.64. The molecule has 1 heterocycles. The number of fused-ring (bicyclic) bond motifs is 2. The van der Waals surface area contributed by atoms with Gasteiger partial charge < -0.3 is 9.90 Å². The van der Waals surface area contributed by atoms with E-state index in [0.29, 0.717) is 0 Å². The summed E-state index contributed by atoms with van der Waals surface area (Å²) in [5, 5.41) is 32.5. The van der Waals surface area contributed by atoms with Crippen molar-refractivity contribution >= 4 is 11.6 Å². The highest BCUT2D eigenvalue weighted by atomic mass is 16.6. The second kappa shape index (κ2) is 5.78. The van der Waals surface area contributed by atoms with E-state index >= 15 is 0 Å². The van der Waals surface area contributed by atoms with Crippen molar-refractivity contribution in [2.45, 2.75) is 24.4 Å². The minimum atomic E-state index is -2.25.